The summed E-state index contributed by atoms with van der Waals surface area (Å²) in [5.41, 5.74) is 0. The van der Waals surface area contributed by atoms with E-state index in [1.54, 1.807) is 0 Å². The van der Waals surface area contributed by atoms with E-state index in [-0.39, 0.29) is 0 Å². The average Bonchev–Trinajstić information content (AvgIpc) is 1.60. The van der Waals surface area contributed by atoms with E-state index in [1.165, 1.54) is 0 Å². The van der Waals surface area contributed by atoms with Gasteiger partial charge in [0.25, 0.3) is 0 Å². The molecule has 3 heteroatoms. The molecule has 0 amide bonds. The highest BCUT2D eigenvalue weighted by molar-refractivity contribution is 6.48. The van der Waals surface area contributed by atoms with Gasteiger partial charge < -0.3 is 0 Å². The summed E-state index contributed by atoms with van der Waals surface area (Å²) in [5.74, 6) is 0. The zero-order valence-corrected chi connectivity index (χ0v) is 6.58. The third kappa shape index (κ3) is 2.32. The standard InChI is InChI=1S/C6H9Cl2O/c7-6(8)3-1-2-5(9)4-6/h5H,1-4H2. The normalized spacial score (nSPS) is 34.3. The van der Waals surface area contributed by atoms with E-state index in [9.17, 15) is 5.11 Å². The summed E-state index contributed by atoms with van der Waals surface area (Å²) >= 11 is 11.5. The molecule has 1 rings (SSSR count). The Kier molecular flexibility index (Phi) is 2.25. The fourth-order valence-corrected chi connectivity index (χ4v) is 1.74. The molecule has 53 valence electrons. The molecule has 1 saturated carbocycles. The van der Waals surface area contributed by atoms with E-state index in [2.05, 4.69) is 0 Å². The zero-order valence-electron chi connectivity index (χ0n) is 5.07. The SMILES string of the molecule is [O]C1CCCC(Cl)(Cl)C1. The maximum Gasteiger partial charge on any atom is 0.120 e. The van der Waals surface area contributed by atoms with Crippen molar-refractivity contribution in [3.05, 3.63) is 0 Å². The first-order valence-electron chi connectivity index (χ1n) is 3.14. The third-order valence-corrected chi connectivity index (χ3v) is 2.28. The van der Waals surface area contributed by atoms with Crippen LogP contribution >= 0.6 is 23.2 Å². The van der Waals surface area contributed by atoms with E-state index in [4.69, 9.17) is 23.2 Å². The van der Waals surface area contributed by atoms with Crippen LogP contribution in [0, 0.1) is 0 Å². The lowest BCUT2D eigenvalue weighted by Crippen LogP contribution is -2.26. The molecule has 1 radical (unpaired) electrons. The molecule has 1 aliphatic carbocycles. The largest absolute Gasteiger partial charge is 0.233 e. The Balaban J connectivity index is 2.41. The smallest absolute Gasteiger partial charge is 0.120 e. The summed E-state index contributed by atoms with van der Waals surface area (Å²) in [6.45, 7) is 0. The molecule has 0 bridgehead atoms. The number of hydrogen-bond donors (Lipinski definition) is 0. The predicted molar refractivity (Wildman–Crippen MR) is 37.4 cm³/mol. The van der Waals surface area contributed by atoms with Crippen LogP contribution < -0.4 is 0 Å². The first-order chi connectivity index (χ1) is 4.10. The summed E-state index contributed by atoms with van der Waals surface area (Å²) < 4.78 is -0.718. The Hall–Kier alpha value is 0.540. The summed E-state index contributed by atoms with van der Waals surface area (Å²) in [5, 5.41) is 10.8. The fourth-order valence-electron chi connectivity index (χ4n) is 1.13. The molecule has 0 saturated heterocycles. The molecule has 1 atom stereocenters. The van der Waals surface area contributed by atoms with Crippen molar-refractivity contribution in [1.29, 1.82) is 0 Å². The molecule has 0 N–H and O–H groups in total. The molecular formula is C6H9Cl2O. The Morgan fingerprint density at radius 1 is 1.44 bits per heavy atom. The highest BCUT2D eigenvalue weighted by Crippen LogP contribution is 2.37. The van der Waals surface area contributed by atoms with Gasteiger partial charge in [0.15, 0.2) is 0 Å². The van der Waals surface area contributed by atoms with Crippen molar-refractivity contribution in [3.63, 3.8) is 0 Å². The molecule has 0 heterocycles. The van der Waals surface area contributed by atoms with Gasteiger partial charge in [0, 0.05) is 6.42 Å². The van der Waals surface area contributed by atoms with Gasteiger partial charge in [-0.3, -0.25) is 0 Å². The minimum atomic E-state index is -0.718. The second-order valence-electron chi connectivity index (χ2n) is 2.57. The fraction of sp³-hybridized carbons (Fsp3) is 1.00. The molecule has 1 unspecified atom stereocenters. The summed E-state index contributed by atoms with van der Waals surface area (Å²) in [6.07, 6.45) is 2.27. The number of alkyl halides is 2. The molecule has 0 aromatic rings. The molecule has 0 aromatic carbocycles. The monoisotopic (exact) mass is 167 g/mol. The summed E-state index contributed by atoms with van der Waals surface area (Å²) in [6, 6.07) is 0. The molecule has 0 aliphatic heterocycles. The Morgan fingerprint density at radius 3 is 2.44 bits per heavy atom. The second kappa shape index (κ2) is 2.65. The van der Waals surface area contributed by atoms with Crippen LogP contribution in [0.1, 0.15) is 25.7 Å². The van der Waals surface area contributed by atoms with Crippen LogP contribution in [0.25, 0.3) is 0 Å². The Morgan fingerprint density at radius 2 is 2.11 bits per heavy atom. The van der Waals surface area contributed by atoms with Gasteiger partial charge in [-0.25, -0.2) is 5.11 Å². The van der Waals surface area contributed by atoms with Gasteiger partial charge in [-0.1, -0.05) is 0 Å². The first kappa shape index (κ1) is 7.64. The van der Waals surface area contributed by atoms with Gasteiger partial charge in [-0.15, -0.1) is 23.2 Å². The van der Waals surface area contributed by atoms with Gasteiger partial charge in [0.05, 0.1) is 6.10 Å². The third-order valence-electron chi connectivity index (χ3n) is 1.59. The highest BCUT2D eigenvalue weighted by Gasteiger charge is 2.31. The average molecular weight is 168 g/mol. The van der Waals surface area contributed by atoms with Crippen molar-refractivity contribution >= 4 is 23.2 Å². The van der Waals surface area contributed by atoms with Crippen LogP contribution in [-0.4, -0.2) is 10.4 Å². The highest BCUT2D eigenvalue weighted by atomic mass is 35.5. The van der Waals surface area contributed by atoms with Gasteiger partial charge in [-0.2, -0.15) is 0 Å². The predicted octanol–water partition coefficient (Wildman–Crippen LogP) is 2.53. The Bertz CT molecular complexity index is 103. The van der Waals surface area contributed by atoms with Crippen LogP contribution in [0.2, 0.25) is 0 Å². The van der Waals surface area contributed by atoms with Gasteiger partial charge in [0.1, 0.15) is 4.33 Å². The lowest BCUT2D eigenvalue weighted by molar-refractivity contribution is 0.0533. The lowest BCUT2D eigenvalue weighted by atomic mass is 9.97. The van der Waals surface area contributed by atoms with E-state index < -0.39 is 10.4 Å². The van der Waals surface area contributed by atoms with Crippen LogP contribution in [0.3, 0.4) is 0 Å². The van der Waals surface area contributed by atoms with Crippen LogP contribution in [-0.2, 0) is 5.11 Å². The molecule has 1 nitrogen and oxygen atoms in total. The molecule has 1 fully saturated rings. The van der Waals surface area contributed by atoms with Crippen LogP contribution in [0.4, 0.5) is 0 Å². The van der Waals surface area contributed by atoms with Crippen molar-refractivity contribution < 1.29 is 5.11 Å². The van der Waals surface area contributed by atoms with Gasteiger partial charge in [-0.05, 0) is 19.3 Å². The van der Waals surface area contributed by atoms with Crippen molar-refractivity contribution in [2.24, 2.45) is 0 Å². The van der Waals surface area contributed by atoms with E-state index >= 15 is 0 Å². The minimum absolute atomic E-state index is 0.413. The van der Waals surface area contributed by atoms with Crippen molar-refractivity contribution in [2.75, 3.05) is 0 Å². The quantitative estimate of drug-likeness (QED) is 0.495. The Labute approximate surface area is 65.0 Å². The van der Waals surface area contributed by atoms with Crippen LogP contribution in [0.15, 0.2) is 0 Å². The minimum Gasteiger partial charge on any atom is -0.233 e. The number of halogens is 2. The summed E-state index contributed by atoms with van der Waals surface area (Å²) in [4.78, 5) is 0. The molecule has 0 aromatic heterocycles. The van der Waals surface area contributed by atoms with Crippen molar-refractivity contribution in [1.82, 2.24) is 0 Å². The van der Waals surface area contributed by atoms with E-state index in [0.29, 0.717) is 6.42 Å². The molecular weight excluding hydrogens is 159 g/mol. The number of hydrogen-bond acceptors (Lipinski definition) is 0. The van der Waals surface area contributed by atoms with E-state index in [0.717, 1.165) is 19.3 Å². The second-order valence-corrected chi connectivity index (χ2v) is 4.21. The summed E-state index contributed by atoms with van der Waals surface area (Å²) in [7, 11) is 0. The van der Waals surface area contributed by atoms with E-state index in [1.807, 2.05) is 0 Å². The van der Waals surface area contributed by atoms with Crippen molar-refractivity contribution in [2.45, 2.75) is 36.1 Å². The van der Waals surface area contributed by atoms with Gasteiger partial charge >= 0.3 is 0 Å². The molecule has 1 aliphatic rings. The zero-order chi connectivity index (χ0) is 6.91. The maximum absolute atomic E-state index is 10.8. The topological polar surface area (TPSA) is 19.9 Å². The lowest BCUT2D eigenvalue weighted by Gasteiger charge is -2.26. The van der Waals surface area contributed by atoms with Crippen LogP contribution in [0.5, 0.6) is 0 Å². The maximum atomic E-state index is 10.8. The van der Waals surface area contributed by atoms with Gasteiger partial charge in [0.2, 0.25) is 0 Å². The molecule has 9 heavy (non-hydrogen) atoms. The van der Waals surface area contributed by atoms with Crippen molar-refractivity contribution in [3.8, 4) is 0 Å². The first-order valence-corrected chi connectivity index (χ1v) is 3.89. The number of rotatable bonds is 0. The molecule has 0 spiro atoms.